The van der Waals surface area contributed by atoms with Crippen LogP contribution >= 0.6 is 0 Å². The molecule has 0 unspecified atom stereocenters. The summed E-state index contributed by atoms with van der Waals surface area (Å²) in [5.41, 5.74) is 4.16. The number of aromatic hydroxyl groups is 1. The van der Waals surface area contributed by atoms with Crippen molar-refractivity contribution in [3.05, 3.63) is 89.0 Å². The van der Waals surface area contributed by atoms with Crippen molar-refractivity contribution in [1.82, 2.24) is 0 Å². The Labute approximate surface area is 186 Å². The number of hydrogen-bond acceptors (Lipinski definition) is 3. The number of benzene rings is 3. The van der Waals surface area contributed by atoms with Gasteiger partial charge in [0.2, 0.25) is 0 Å². The van der Waals surface area contributed by atoms with E-state index in [4.69, 9.17) is 9.47 Å². The number of unbranched alkanes of at least 4 members (excludes halogenated alkanes) is 2. The molecule has 0 fully saturated rings. The van der Waals surface area contributed by atoms with Crippen molar-refractivity contribution < 1.29 is 14.6 Å². The van der Waals surface area contributed by atoms with Gasteiger partial charge in [-0.15, -0.1) is 0 Å². The van der Waals surface area contributed by atoms with Gasteiger partial charge in [-0.3, -0.25) is 0 Å². The van der Waals surface area contributed by atoms with Crippen LogP contribution in [-0.2, 0) is 26.1 Å². The van der Waals surface area contributed by atoms with Crippen LogP contribution in [0.2, 0.25) is 0 Å². The molecule has 0 aliphatic rings. The summed E-state index contributed by atoms with van der Waals surface area (Å²) in [5.74, 6) is 2.04. The summed E-state index contributed by atoms with van der Waals surface area (Å²) in [4.78, 5) is 0. The molecule has 0 aliphatic carbocycles. The highest BCUT2D eigenvalue weighted by atomic mass is 16.5. The molecule has 0 aromatic heterocycles. The average Bonchev–Trinajstić information content (AvgIpc) is 2.80. The Morgan fingerprint density at radius 3 is 1.71 bits per heavy atom. The normalized spacial score (nSPS) is 10.8. The van der Waals surface area contributed by atoms with E-state index in [-0.39, 0.29) is 5.75 Å². The molecule has 0 saturated heterocycles. The van der Waals surface area contributed by atoms with Crippen molar-refractivity contribution in [2.24, 2.45) is 0 Å². The lowest BCUT2D eigenvalue weighted by molar-refractivity contribution is 0.277. The largest absolute Gasteiger partial charge is 0.508 e. The lowest BCUT2D eigenvalue weighted by Gasteiger charge is -2.16. The Morgan fingerprint density at radius 2 is 1.13 bits per heavy atom. The van der Waals surface area contributed by atoms with Gasteiger partial charge in [0.1, 0.15) is 30.5 Å². The zero-order chi connectivity index (χ0) is 21.9. The van der Waals surface area contributed by atoms with Crippen LogP contribution in [0.3, 0.4) is 0 Å². The summed E-state index contributed by atoms with van der Waals surface area (Å²) >= 11 is 0. The minimum Gasteiger partial charge on any atom is -0.508 e. The third kappa shape index (κ3) is 6.52. The van der Waals surface area contributed by atoms with Gasteiger partial charge in [0.05, 0.1) is 0 Å². The molecule has 0 heterocycles. The summed E-state index contributed by atoms with van der Waals surface area (Å²) in [5, 5.41) is 10.5. The second-order valence-corrected chi connectivity index (χ2v) is 7.91. The van der Waals surface area contributed by atoms with Gasteiger partial charge in [0.25, 0.3) is 0 Å². The van der Waals surface area contributed by atoms with Crippen molar-refractivity contribution in [2.75, 3.05) is 0 Å². The summed E-state index contributed by atoms with van der Waals surface area (Å²) < 4.78 is 12.3. The van der Waals surface area contributed by atoms with E-state index < -0.39 is 0 Å². The standard InChI is InChI=1S/C28H34O3/c1-3-5-12-22-14-7-9-18-27(22)30-20-24-16-11-17-26(29)25(24)21-31-28-19-10-8-15-23(28)13-6-4-2/h7-11,14-19,29H,3-6,12-13,20-21H2,1-2H3. The third-order valence-electron chi connectivity index (χ3n) is 5.55. The van der Waals surface area contributed by atoms with Gasteiger partial charge < -0.3 is 14.6 Å². The van der Waals surface area contributed by atoms with E-state index in [1.807, 2.05) is 42.5 Å². The second kappa shape index (κ2) is 12.0. The minimum absolute atomic E-state index is 0.242. The van der Waals surface area contributed by atoms with Crippen molar-refractivity contribution in [1.29, 1.82) is 0 Å². The van der Waals surface area contributed by atoms with Gasteiger partial charge in [-0.2, -0.15) is 0 Å². The Balaban J connectivity index is 1.72. The molecular weight excluding hydrogens is 384 g/mol. The van der Waals surface area contributed by atoms with E-state index >= 15 is 0 Å². The molecule has 0 aliphatic heterocycles. The summed E-state index contributed by atoms with van der Waals surface area (Å²) in [7, 11) is 0. The van der Waals surface area contributed by atoms with E-state index in [2.05, 4.69) is 32.0 Å². The fraction of sp³-hybridized carbons (Fsp3) is 0.357. The van der Waals surface area contributed by atoms with Gasteiger partial charge >= 0.3 is 0 Å². The molecule has 3 aromatic carbocycles. The van der Waals surface area contributed by atoms with E-state index in [0.29, 0.717) is 13.2 Å². The predicted octanol–water partition coefficient (Wildman–Crippen LogP) is 7.24. The number of para-hydroxylation sites is 2. The van der Waals surface area contributed by atoms with Gasteiger partial charge in [-0.1, -0.05) is 75.2 Å². The Hall–Kier alpha value is -2.94. The SMILES string of the molecule is CCCCc1ccccc1OCc1cccc(O)c1COc1ccccc1CCCC. The fourth-order valence-electron chi connectivity index (χ4n) is 3.67. The van der Waals surface area contributed by atoms with Crippen molar-refractivity contribution in [3.8, 4) is 17.2 Å². The highest BCUT2D eigenvalue weighted by Crippen LogP contribution is 2.28. The van der Waals surface area contributed by atoms with Crippen LogP contribution < -0.4 is 9.47 Å². The molecule has 3 rings (SSSR count). The molecule has 3 aromatic rings. The molecule has 3 heteroatoms. The van der Waals surface area contributed by atoms with Crippen LogP contribution in [0.5, 0.6) is 17.2 Å². The van der Waals surface area contributed by atoms with Crippen molar-refractivity contribution >= 4 is 0 Å². The lowest BCUT2D eigenvalue weighted by Crippen LogP contribution is -2.06. The van der Waals surface area contributed by atoms with Crippen LogP contribution in [0.15, 0.2) is 66.7 Å². The van der Waals surface area contributed by atoms with Crippen molar-refractivity contribution in [3.63, 3.8) is 0 Å². The maximum atomic E-state index is 10.5. The average molecular weight is 419 g/mol. The molecule has 0 amide bonds. The quantitative estimate of drug-likeness (QED) is 0.337. The van der Waals surface area contributed by atoms with Gasteiger partial charge in [-0.05, 0) is 60.6 Å². The van der Waals surface area contributed by atoms with E-state index in [0.717, 1.165) is 61.2 Å². The number of aryl methyl sites for hydroxylation is 2. The third-order valence-corrected chi connectivity index (χ3v) is 5.55. The monoisotopic (exact) mass is 418 g/mol. The first-order valence-electron chi connectivity index (χ1n) is 11.4. The molecule has 0 saturated carbocycles. The van der Waals surface area contributed by atoms with Crippen LogP contribution in [0.4, 0.5) is 0 Å². The first-order chi connectivity index (χ1) is 15.2. The highest BCUT2D eigenvalue weighted by Gasteiger charge is 2.12. The maximum Gasteiger partial charge on any atom is 0.123 e. The Morgan fingerprint density at radius 1 is 0.613 bits per heavy atom. The van der Waals surface area contributed by atoms with Gasteiger partial charge in [0.15, 0.2) is 0 Å². The van der Waals surface area contributed by atoms with Gasteiger partial charge in [-0.25, -0.2) is 0 Å². The molecule has 0 bridgehead atoms. The maximum absolute atomic E-state index is 10.5. The number of phenolic OH excluding ortho intramolecular Hbond substituents is 1. The van der Waals surface area contributed by atoms with E-state index in [1.54, 1.807) is 6.07 Å². The summed E-state index contributed by atoms with van der Waals surface area (Å²) in [6.07, 6.45) is 6.59. The Bertz CT molecular complexity index is 948. The molecule has 164 valence electrons. The fourth-order valence-corrected chi connectivity index (χ4v) is 3.67. The zero-order valence-corrected chi connectivity index (χ0v) is 18.8. The summed E-state index contributed by atoms with van der Waals surface area (Å²) in [6.45, 7) is 5.10. The lowest BCUT2D eigenvalue weighted by atomic mass is 10.1. The van der Waals surface area contributed by atoms with Crippen molar-refractivity contribution in [2.45, 2.75) is 65.6 Å². The molecule has 0 radical (unpaired) electrons. The van der Waals surface area contributed by atoms with Crippen LogP contribution in [0.25, 0.3) is 0 Å². The Kier molecular flexibility index (Phi) is 8.84. The highest BCUT2D eigenvalue weighted by molar-refractivity contribution is 5.41. The topological polar surface area (TPSA) is 38.7 Å². The molecule has 1 N–H and O–H groups in total. The number of ether oxygens (including phenoxy) is 2. The molecule has 3 nitrogen and oxygen atoms in total. The van der Waals surface area contributed by atoms with Crippen LogP contribution in [0.1, 0.15) is 61.8 Å². The zero-order valence-electron chi connectivity index (χ0n) is 18.8. The smallest absolute Gasteiger partial charge is 0.123 e. The van der Waals surface area contributed by atoms with E-state index in [9.17, 15) is 5.11 Å². The molecule has 31 heavy (non-hydrogen) atoms. The van der Waals surface area contributed by atoms with Crippen LogP contribution in [0, 0.1) is 0 Å². The minimum atomic E-state index is 0.242. The van der Waals surface area contributed by atoms with E-state index in [1.165, 1.54) is 11.1 Å². The number of hydrogen-bond donors (Lipinski definition) is 1. The molecule has 0 atom stereocenters. The predicted molar refractivity (Wildman–Crippen MR) is 127 cm³/mol. The first-order valence-corrected chi connectivity index (χ1v) is 11.4. The summed E-state index contributed by atoms with van der Waals surface area (Å²) in [6, 6.07) is 21.9. The number of rotatable bonds is 12. The molecular formula is C28H34O3. The number of phenols is 1. The van der Waals surface area contributed by atoms with Crippen LogP contribution in [-0.4, -0.2) is 5.11 Å². The molecule has 0 spiro atoms. The first kappa shape index (κ1) is 22.7. The van der Waals surface area contributed by atoms with Gasteiger partial charge in [0, 0.05) is 5.56 Å². The second-order valence-electron chi connectivity index (χ2n) is 7.91.